The van der Waals surface area contributed by atoms with Crippen molar-refractivity contribution in [3.05, 3.63) is 125 Å². The van der Waals surface area contributed by atoms with Gasteiger partial charge in [-0.2, -0.15) is 0 Å². The smallest absolute Gasteiger partial charge is 0.255 e. The van der Waals surface area contributed by atoms with Gasteiger partial charge in [0.15, 0.2) is 0 Å². The van der Waals surface area contributed by atoms with E-state index in [2.05, 4.69) is 60.4 Å². The van der Waals surface area contributed by atoms with Crippen molar-refractivity contribution in [2.45, 2.75) is 19.5 Å². The highest BCUT2D eigenvalue weighted by molar-refractivity contribution is 6.02. The van der Waals surface area contributed by atoms with Gasteiger partial charge in [-0.15, -0.1) is 0 Å². The van der Waals surface area contributed by atoms with Gasteiger partial charge in [-0.05, 0) is 47.9 Å². The minimum atomic E-state index is -0.201. The van der Waals surface area contributed by atoms with E-state index < -0.39 is 0 Å². The third kappa shape index (κ3) is 3.58. The Kier molecular flexibility index (Phi) is 5.14. The predicted octanol–water partition coefficient (Wildman–Crippen LogP) is 6.90. The van der Waals surface area contributed by atoms with Crippen LogP contribution < -0.4 is 4.74 Å². The van der Waals surface area contributed by atoms with E-state index in [-0.39, 0.29) is 11.9 Å². The van der Waals surface area contributed by atoms with Crippen molar-refractivity contribution >= 4 is 16.8 Å². The summed E-state index contributed by atoms with van der Waals surface area (Å²) >= 11 is 0. The van der Waals surface area contributed by atoms with Crippen LogP contribution in [0.15, 0.2) is 97.1 Å². The minimum Gasteiger partial charge on any atom is -0.497 e. The van der Waals surface area contributed by atoms with Crippen LogP contribution in [-0.4, -0.2) is 22.9 Å². The van der Waals surface area contributed by atoms with E-state index in [1.54, 1.807) is 7.11 Å². The van der Waals surface area contributed by atoms with Crippen LogP contribution in [-0.2, 0) is 6.54 Å². The number of fused-ring (bicyclic) bond motifs is 2. The van der Waals surface area contributed by atoms with Gasteiger partial charge >= 0.3 is 0 Å². The van der Waals surface area contributed by atoms with E-state index in [4.69, 9.17) is 4.74 Å². The number of hydrogen-bond donors (Lipinski definition) is 1. The Hall–Kier alpha value is -4.31. The van der Waals surface area contributed by atoms with Gasteiger partial charge in [-0.3, -0.25) is 4.79 Å². The average molecular weight is 459 g/mol. The fraction of sp³-hybridized carbons (Fsp3) is 0.129. The number of rotatable bonds is 5. The zero-order valence-electron chi connectivity index (χ0n) is 19.8. The van der Waals surface area contributed by atoms with Crippen molar-refractivity contribution in [1.29, 1.82) is 0 Å². The second-order valence-corrected chi connectivity index (χ2v) is 9.10. The molecule has 172 valence electrons. The highest BCUT2D eigenvalue weighted by Gasteiger charge is 2.40. The molecule has 1 N–H and O–H groups in total. The number of aryl methyl sites for hydroxylation is 1. The van der Waals surface area contributed by atoms with Gasteiger partial charge in [0, 0.05) is 28.6 Å². The summed E-state index contributed by atoms with van der Waals surface area (Å²) in [5.41, 5.74) is 8.47. The summed E-state index contributed by atoms with van der Waals surface area (Å²) in [4.78, 5) is 19.4. The van der Waals surface area contributed by atoms with Crippen molar-refractivity contribution in [2.75, 3.05) is 7.11 Å². The van der Waals surface area contributed by atoms with E-state index in [1.807, 2.05) is 53.4 Å². The van der Waals surface area contributed by atoms with Crippen LogP contribution in [0.5, 0.6) is 5.75 Å². The first kappa shape index (κ1) is 21.2. The lowest BCUT2D eigenvalue weighted by atomic mass is 9.93. The summed E-state index contributed by atoms with van der Waals surface area (Å²) < 4.78 is 5.33. The molecular formula is C31H26N2O2. The van der Waals surface area contributed by atoms with Gasteiger partial charge in [0.1, 0.15) is 5.75 Å². The fourth-order valence-corrected chi connectivity index (χ4v) is 5.17. The van der Waals surface area contributed by atoms with Crippen LogP contribution in [0.3, 0.4) is 0 Å². The van der Waals surface area contributed by atoms with Gasteiger partial charge in [-0.1, -0.05) is 78.4 Å². The van der Waals surface area contributed by atoms with Gasteiger partial charge in [0.25, 0.3) is 5.91 Å². The predicted molar refractivity (Wildman–Crippen MR) is 140 cm³/mol. The number of H-pyrrole nitrogens is 1. The quantitative estimate of drug-likeness (QED) is 0.311. The van der Waals surface area contributed by atoms with E-state index in [1.165, 1.54) is 5.56 Å². The monoisotopic (exact) mass is 458 g/mol. The third-order valence-corrected chi connectivity index (χ3v) is 6.93. The van der Waals surface area contributed by atoms with E-state index in [0.29, 0.717) is 6.54 Å². The number of amides is 1. The highest BCUT2D eigenvalue weighted by atomic mass is 16.5. The molecule has 1 aromatic heterocycles. The molecule has 0 spiro atoms. The Morgan fingerprint density at radius 3 is 2.34 bits per heavy atom. The van der Waals surface area contributed by atoms with E-state index in [0.717, 1.165) is 50.2 Å². The molecule has 1 atom stereocenters. The number of methoxy groups -OCH3 is 1. The van der Waals surface area contributed by atoms with Crippen LogP contribution in [0, 0.1) is 6.92 Å². The first-order valence-electron chi connectivity index (χ1n) is 11.8. The molecule has 0 bridgehead atoms. The number of ether oxygens (including phenoxy) is 1. The largest absolute Gasteiger partial charge is 0.497 e. The maximum atomic E-state index is 13.7. The van der Waals surface area contributed by atoms with E-state index in [9.17, 15) is 4.79 Å². The molecule has 5 aromatic rings. The van der Waals surface area contributed by atoms with Crippen molar-refractivity contribution in [3.8, 4) is 17.0 Å². The molecule has 6 rings (SSSR count). The molecule has 2 heterocycles. The van der Waals surface area contributed by atoms with Gasteiger partial charge in [0.05, 0.1) is 18.8 Å². The van der Waals surface area contributed by atoms with Crippen LogP contribution in [0.25, 0.3) is 22.2 Å². The summed E-state index contributed by atoms with van der Waals surface area (Å²) in [5, 5.41) is 1.14. The first-order chi connectivity index (χ1) is 17.1. The fourth-order valence-electron chi connectivity index (χ4n) is 5.17. The Morgan fingerprint density at radius 1 is 0.857 bits per heavy atom. The summed E-state index contributed by atoms with van der Waals surface area (Å²) in [6.07, 6.45) is 0. The van der Waals surface area contributed by atoms with Crippen molar-refractivity contribution in [2.24, 2.45) is 0 Å². The SMILES string of the molecule is COc1ccc(CN2C(=O)c3ccccc3[C@@H]2c2c(-c3ccc(C)cc3)[nH]c3ccccc23)cc1. The molecule has 1 aliphatic heterocycles. The highest BCUT2D eigenvalue weighted by Crippen LogP contribution is 2.46. The molecule has 0 saturated carbocycles. The molecule has 1 aliphatic rings. The molecule has 1 amide bonds. The Balaban J connectivity index is 1.55. The van der Waals surface area contributed by atoms with Gasteiger partial charge in [0.2, 0.25) is 0 Å². The molecule has 35 heavy (non-hydrogen) atoms. The Morgan fingerprint density at radius 2 is 1.57 bits per heavy atom. The zero-order valence-corrected chi connectivity index (χ0v) is 19.8. The zero-order chi connectivity index (χ0) is 23.9. The standard InChI is InChI=1S/C31H26N2O2/c1-20-11-15-22(16-12-20)29-28(26-9-5-6-10-27(26)32-29)30-24-7-3-4-8-25(24)31(34)33(30)19-21-13-17-23(35-2)18-14-21/h3-18,30,32H,19H2,1-2H3/t30-/m1/s1. The summed E-state index contributed by atoms with van der Waals surface area (Å²) in [7, 11) is 1.66. The maximum Gasteiger partial charge on any atom is 0.255 e. The molecule has 4 heteroatoms. The van der Waals surface area contributed by atoms with Crippen molar-refractivity contribution in [3.63, 3.8) is 0 Å². The molecular weight excluding hydrogens is 432 g/mol. The summed E-state index contributed by atoms with van der Waals surface area (Å²) in [6, 6.07) is 32.7. The summed E-state index contributed by atoms with van der Waals surface area (Å²) in [6.45, 7) is 2.60. The second kappa shape index (κ2) is 8.48. The molecule has 4 nitrogen and oxygen atoms in total. The number of nitrogens with one attached hydrogen (secondary N) is 1. The lowest BCUT2D eigenvalue weighted by Gasteiger charge is -2.27. The Labute approximate surface area is 204 Å². The molecule has 4 aromatic carbocycles. The van der Waals surface area contributed by atoms with Crippen LogP contribution in [0.1, 0.15) is 38.7 Å². The lowest BCUT2D eigenvalue weighted by molar-refractivity contribution is 0.0737. The lowest BCUT2D eigenvalue weighted by Crippen LogP contribution is -2.28. The number of nitrogens with zero attached hydrogens (tertiary/aromatic N) is 1. The number of carbonyl (C=O) groups is 1. The summed E-state index contributed by atoms with van der Waals surface area (Å²) in [5.74, 6) is 0.862. The molecule has 0 unspecified atom stereocenters. The molecule has 0 aliphatic carbocycles. The third-order valence-electron chi connectivity index (χ3n) is 6.93. The minimum absolute atomic E-state index is 0.0570. The van der Waals surface area contributed by atoms with Gasteiger partial charge < -0.3 is 14.6 Å². The topological polar surface area (TPSA) is 45.3 Å². The number of aromatic nitrogens is 1. The van der Waals surface area contributed by atoms with Crippen molar-refractivity contribution < 1.29 is 9.53 Å². The first-order valence-corrected chi connectivity index (χ1v) is 11.8. The average Bonchev–Trinajstić information content (AvgIpc) is 3.40. The second-order valence-electron chi connectivity index (χ2n) is 9.10. The molecule has 0 radical (unpaired) electrons. The number of carbonyl (C=O) groups excluding carboxylic acids is 1. The van der Waals surface area contributed by atoms with Crippen LogP contribution in [0.2, 0.25) is 0 Å². The maximum absolute atomic E-state index is 13.7. The number of para-hydroxylation sites is 1. The number of hydrogen-bond acceptors (Lipinski definition) is 2. The molecule has 0 saturated heterocycles. The number of aromatic amines is 1. The Bertz CT molecular complexity index is 1530. The van der Waals surface area contributed by atoms with Gasteiger partial charge in [-0.25, -0.2) is 0 Å². The normalized spacial score (nSPS) is 15.0. The van der Waals surface area contributed by atoms with Crippen LogP contribution >= 0.6 is 0 Å². The molecule has 0 fully saturated rings. The number of benzene rings is 4. The van der Waals surface area contributed by atoms with E-state index >= 15 is 0 Å². The van der Waals surface area contributed by atoms with Crippen molar-refractivity contribution in [1.82, 2.24) is 9.88 Å². The van der Waals surface area contributed by atoms with Crippen LogP contribution in [0.4, 0.5) is 0 Å².